The van der Waals surface area contributed by atoms with Gasteiger partial charge >= 0.3 is 6.18 Å². The quantitative estimate of drug-likeness (QED) is 0.772. The molecule has 2 aromatic carbocycles. The molecule has 0 bridgehead atoms. The number of thioether (sulfide) groups is 1. The van der Waals surface area contributed by atoms with Crippen LogP contribution in [0.2, 0.25) is 0 Å². The monoisotopic (exact) mass is 378 g/mol. The van der Waals surface area contributed by atoms with E-state index in [0.717, 1.165) is 17.7 Å². The van der Waals surface area contributed by atoms with E-state index in [1.807, 2.05) is 31.2 Å². The highest BCUT2D eigenvalue weighted by molar-refractivity contribution is 8.13. The molecular formula is C19H17F3N2OS. The van der Waals surface area contributed by atoms with Crippen molar-refractivity contribution in [3.63, 3.8) is 0 Å². The Morgan fingerprint density at radius 3 is 2.50 bits per heavy atom. The van der Waals surface area contributed by atoms with Gasteiger partial charge in [0.05, 0.1) is 12.1 Å². The zero-order valence-corrected chi connectivity index (χ0v) is 14.9. The smallest absolute Gasteiger partial charge is 0.286 e. The topological polar surface area (TPSA) is 32.7 Å². The highest BCUT2D eigenvalue weighted by atomic mass is 32.2. The molecule has 0 saturated heterocycles. The number of nitrogens with zero attached hydrogens (tertiary/aromatic N) is 2. The van der Waals surface area contributed by atoms with Gasteiger partial charge in [-0.15, -0.1) is 0 Å². The van der Waals surface area contributed by atoms with Crippen molar-refractivity contribution in [3.8, 4) is 0 Å². The van der Waals surface area contributed by atoms with Crippen molar-refractivity contribution in [2.45, 2.75) is 18.9 Å². The molecule has 1 aliphatic heterocycles. The van der Waals surface area contributed by atoms with E-state index in [2.05, 4.69) is 4.99 Å². The van der Waals surface area contributed by atoms with Crippen LogP contribution in [-0.2, 0) is 11.9 Å². The fourth-order valence-electron chi connectivity index (χ4n) is 2.61. The third-order valence-electron chi connectivity index (χ3n) is 4.12. The molecule has 1 amide bonds. The average Bonchev–Trinajstić information content (AvgIpc) is 3.08. The van der Waals surface area contributed by atoms with Crippen LogP contribution in [0.5, 0.6) is 0 Å². The van der Waals surface area contributed by atoms with Crippen LogP contribution in [0.3, 0.4) is 0 Å². The van der Waals surface area contributed by atoms with Gasteiger partial charge < -0.3 is 0 Å². The van der Waals surface area contributed by atoms with Crippen molar-refractivity contribution in [1.29, 1.82) is 0 Å². The maximum Gasteiger partial charge on any atom is 0.416 e. The van der Waals surface area contributed by atoms with Crippen molar-refractivity contribution in [3.05, 3.63) is 70.8 Å². The molecule has 0 aromatic heterocycles. The number of amides is 1. The summed E-state index contributed by atoms with van der Waals surface area (Å²) in [6, 6.07) is 12.3. The Morgan fingerprint density at radius 2 is 1.85 bits per heavy atom. The van der Waals surface area contributed by atoms with Crippen LogP contribution in [0.25, 0.3) is 0 Å². The summed E-state index contributed by atoms with van der Waals surface area (Å²) >= 11 is 1.46. The first-order valence-corrected chi connectivity index (χ1v) is 9.06. The van der Waals surface area contributed by atoms with Crippen LogP contribution in [0.15, 0.2) is 53.5 Å². The third kappa shape index (κ3) is 4.09. The predicted octanol–water partition coefficient (Wildman–Crippen LogP) is 4.76. The maximum absolute atomic E-state index is 12.7. The summed E-state index contributed by atoms with van der Waals surface area (Å²) < 4.78 is 38.0. The van der Waals surface area contributed by atoms with E-state index in [4.69, 9.17) is 0 Å². The Labute approximate surface area is 153 Å². The van der Waals surface area contributed by atoms with Gasteiger partial charge in [0.1, 0.15) is 0 Å². The molecule has 0 radical (unpaired) electrons. The number of hydrogen-bond donors (Lipinski definition) is 0. The summed E-state index contributed by atoms with van der Waals surface area (Å²) in [5.41, 5.74) is 1.79. The summed E-state index contributed by atoms with van der Waals surface area (Å²) in [7, 11) is 0. The van der Waals surface area contributed by atoms with E-state index < -0.39 is 11.7 Å². The maximum atomic E-state index is 12.7. The van der Waals surface area contributed by atoms with Gasteiger partial charge in [-0.2, -0.15) is 13.2 Å². The van der Waals surface area contributed by atoms with Gasteiger partial charge in [0, 0.05) is 17.9 Å². The molecule has 0 atom stereocenters. The highest BCUT2D eigenvalue weighted by Crippen LogP contribution is 2.29. The lowest BCUT2D eigenvalue weighted by Gasteiger charge is -2.18. The van der Waals surface area contributed by atoms with Crippen LogP contribution in [0.1, 0.15) is 27.0 Å². The van der Waals surface area contributed by atoms with Crippen LogP contribution >= 0.6 is 11.8 Å². The summed E-state index contributed by atoms with van der Waals surface area (Å²) in [6.45, 7) is 2.97. The van der Waals surface area contributed by atoms with Crippen LogP contribution in [-0.4, -0.2) is 29.1 Å². The van der Waals surface area contributed by atoms with Gasteiger partial charge in [-0.1, -0.05) is 36.0 Å². The molecule has 1 aliphatic rings. The number of benzene rings is 2. The molecule has 26 heavy (non-hydrogen) atoms. The fourth-order valence-corrected chi connectivity index (χ4v) is 3.73. The van der Waals surface area contributed by atoms with E-state index in [1.165, 1.54) is 34.4 Å². The molecule has 3 nitrogen and oxygen atoms in total. The number of alkyl halides is 3. The second-order valence-corrected chi connectivity index (χ2v) is 6.85. The predicted molar refractivity (Wildman–Crippen MR) is 97.3 cm³/mol. The molecule has 3 rings (SSSR count). The van der Waals surface area contributed by atoms with Gasteiger partial charge in [0.25, 0.3) is 5.91 Å². The van der Waals surface area contributed by atoms with E-state index in [1.54, 1.807) is 0 Å². The first-order valence-electron chi connectivity index (χ1n) is 8.07. The largest absolute Gasteiger partial charge is 0.416 e. The lowest BCUT2D eigenvalue weighted by atomic mass is 10.1. The first kappa shape index (κ1) is 18.5. The minimum Gasteiger partial charge on any atom is -0.286 e. The van der Waals surface area contributed by atoms with E-state index in [9.17, 15) is 18.0 Å². The van der Waals surface area contributed by atoms with Gasteiger partial charge in [-0.3, -0.25) is 14.7 Å². The standard InChI is InChI=1S/C19H17F3N2OS/c1-13-4-2-3-5-15(13)12-26-18-23-10-11-24(18)17(25)14-6-8-16(9-7-14)19(20,21)22/h2-9H,10-12H2,1H3. The van der Waals surface area contributed by atoms with Crippen LogP contribution in [0, 0.1) is 6.92 Å². The molecule has 0 spiro atoms. The number of hydrogen-bond acceptors (Lipinski definition) is 3. The normalized spacial score (nSPS) is 14.5. The summed E-state index contributed by atoms with van der Waals surface area (Å²) in [5, 5.41) is 0.609. The van der Waals surface area contributed by atoms with Crippen molar-refractivity contribution in [2.24, 2.45) is 4.99 Å². The second kappa shape index (κ2) is 7.53. The van der Waals surface area contributed by atoms with E-state index in [-0.39, 0.29) is 11.5 Å². The molecule has 2 aromatic rings. The lowest BCUT2D eigenvalue weighted by Crippen LogP contribution is -2.32. The number of aliphatic imine (C=N–C) groups is 1. The average molecular weight is 378 g/mol. The van der Waals surface area contributed by atoms with Gasteiger partial charge in [0.15, 0.2) is 5.17 Å². The molecule has 0 unspecified atom stereocenters. The molecule has 0 fully saturated rings. The van der Waals surface area contributed by atoms with Crippen molar-refractivity contribution >= 4 is 22.8 Å². The molecule has 0 saturated carbocycles. The SMILES string of the molecule is Cc1ccccc1CSC1=NCCN1C(=O)c1ccc(C(F)(F)F)cc1. The molecule has 1 heterocycles. The zero-order valence-electron chi connectivity index (χ0n) is 14.1. The molecule has 136 valence electrons. The Balaban J connectivity index is 1.69. The number of rotatable bonds is 3. The van der Waals surface area contributed by atoms with E-state index in [0.29, 0.717) is 24.0 Å². The summed E-state index contributed by atoms with van der Waals surface area (Å²) in [5.74, 6) is 0.356. The molecule has 0 aliphatic carbocycles. The van der Waals surface area contributed by atoms with Gasteiger partial charge in [-0.25, -0.2) is 0 Å². The zero-order chi connectivity index (χ0) is 18.7. The number of carbonyl (C=O) groups is 1. The van der Waals surface area contributed by atoms with Gasteiger partial charge in [-0.05, 0) is 42.3 Å². The van der Waals surface area contributed by atoms with Crippen LogP contribution in [0.4, 0.5) is 13.2 Å². The number of carbonyl (C=O) groups excluding carboxylic acids is 1. The summed E-state index contributed by atoms with van der Waals surface area (Å²) in [6.07, 6.45) is -4.41. The van der Waals surface area contributed by atoms with Crippen molar-refractivity contribution < 1.29 is 18.0 Å². The Bertz CT molecular complexity index is 831. The second-order valence-electron chi connectivity index (χ2n) is 5.91. The first-order chi connectivity index (χ1) is 12.4. The number of amidine groups is 1. The van der Waals surface area contributed by atoms with Crippen molar-refractivity contribution in [1.82, 2.24) is 4.90 Å². The Kier molecular flexibility index (Phi) is 5.36. The Morgan fingerprint density at radius 1 is 1.15 bits per heavy atom. The minimum atomic E-state index is -4.41. The fraction of sp³-hybridized carbons (Fsp3) is 0.263. The molecule has 7 heteroatoms. The van der Waals surface area contributed by atoms with E-state index >= 15 is 0 Å². The Hall–Kier alpha value is -2.28. The molecular weight excluding hydrogens is 361 g/mol. The highest BCUT2D eigenvalue weighted by Gasteiger charge is 2.31. The number of aryl methyl sites for hydroxylation is 1. The third-order valence-corrected chi connectivity index (χ3v) is 5.19. The lowest BCUT2D eigenvalue weighted by molar-refractivity contribution is -0.137. The minimum absolute atomic E-state index is 0.226. The van der Waals surface area contributed by atoms with Crippen LogP contribution < -0.4 is 0 Å². The summed E-state index contributed by atoms with van der Waals surface area (Å²) in [4.78, 5) is 18.6. The van der Waals surface area contributed by atoms with Crippen molar-refractivity contribution in [2.75, 3.05) is 13.1 Å². The van der Waals surface area contributed by atoms with Gasteiger partial charge in [0.2, 0.25) is 0 Å². The number of halogens is 3. The molecule has 0 N–H and O–H groups in total.